The fourth-order valence-electron chi connectivity index (χ4n) is 2.09. The number of rotatable bonds is 7. The standard InChI is InChI=1S/C14H22N2O3S/c1-4-16(11(3)9-13(17)18)14(19)15-10(2)8-12-6-5-7-20-12/h5-7,10-11H,4,8-9H2,1-3H3,(H,15,19)(H,17,18). The van der Waals surface area contributed by atoms with Crippen LogP contribution in [-0.2, 0) is 11.2 Å². The van der Waals surface area contributed by atoms with Gasteiger partial charge in [0.2, 0.25) is 0 Å². The number of thiophene rings is 1. The molecule has 0 fully saturated rings. The summed E-state index contributed by atoms with van der Waals surface area (Å²) in [5.41, 5.74) is 0. The monoisotopic (exact) mass is 298 g/mol. The van der Waals surface area contributed by atoms with Gasteiger partial charge in [0.1, 0.15) is 0 Å². The largest absolute Gasteiger partial charge is 0.481 e. The van der Waals surface area contributed by atoms with E-state index in [1.807, 2.05) is 31.4 Å². The molecule has 1 aromatic rings. The van der Waals surface area contributed by atoms with Gasteiger partial charge in [0.05, 0.1) is 6.42 Å². The maximum absolute atomic E-state index is 12.2. The highest BCUT2D eigenvalue weighted by Crippen LogP contribution is 2.11. The molecular formula is C14H22N2O3S. The van der Waals surface area contributed by atoms with E-state index in [2.05, 4.69) is 5.32 Å². The number of amides is 2. The summed E-state index contributed by atoms with van der Waals surface area (Å²) in [6, 6.07) is 3.53. The summed E-state index contributed by atoms with van der Waals surface area (Å²) in [4.78, 5) is 25.7. The van der Waals surface area contributed by atoms with Gasteiger partial charge in [-0.3, -0.25) is 4.79 Å². The minimum Gasteiger partial charge on any atom is -0.481 e. The molecule has 2 N–H and O–H groups in total. The summed E-state index contributed by atoms with van der Waals surface area (Å²) in [5, 5.41) is 13.7. The molecule has 1 rings (SSSR count). The Morgan fingerprint density at radius 3 is 2.65 bits per heavy atom. The number of aliphatic carboxylic acids is 1. The van der Waals surface area contributed by atoms with E-state index >= 15 is 0 Å². The molecule has 2 unspecified atom stereocenters. The van der Waals surface area contributed by atoms with Gasteiger partial charge in [-0.1, -0.05) is 6.07 Å². The van der Waals surface area contributed by atoms with Crippen LogP contribution in [0.25, 0.3) is 0 Å². The molecule has 0 radical (unpaired) electrons. The van der Waals surface area contributed by atoms with Crippen molar-refractivity contribution in [3.8, 4) is 0 Å². The summed E-state index contributed by atoms with van der Waals surface area (Å²) >= 11 is 1.66. The van der Waals surface area contributed by atoms with Gasteiger partial charge in [-0.05, 0) is 32.2 Å². The second-order valence-corrected chi connectivity index (χ2v) is 5.90. The highest BCUT2D eigenvalue weighted by Gasteiger charge is 2.21. The summed E-state index contributed by atoms with van der Waals surface area (Å²) in [6.45, 7) is 6.04. The third kappa shape index (κ3) is 5.21. The molecule has 0 bridgehead atoms. The number of hydrogen-bond donors (Lipinski definition) is 2. The zero-order valence-corrected chi connectivity index (χ0v) is 12.9. The second-order valence-electron chi connectivity index (χ2n) is 4.87. The average Bonchev–Trinajstić information content (AvgIpc) is 2.81. The lowest BCUT2D eigenvalue weighted by atomic mass is 10.2. The fraction of sp³-hybridized carbons (Fsp3) is 0.571. The number of carboxylic acid groups (broad SMARTS) is 1. The fourth-order valence-corrected chi connectivity index (χ4v) is 2.93. The van der Waals surface area contributed by atoms with E-state index in [0.717, 1.165) is 6.42 Å². The Kier molecular flexibility index (Phi) is 6.51. The van der Waals surface area contributed by atoms with E-state index in [1.165, 1.54) is 4.88 Å². The first-order chi connectivity index (χ1) is 9.43. The van der Waals surface area contributed by atoms with Gasteiger partial charge in [0.15, 0.2) is 0 Å². The quantitative estimate of drug-likeness (QED) is 0.813. The van der Waals surface area contributed by atoms with Gasteiger partial charge in [-0.2, -0.15) is 0 Å². The maximum atomic E-state index is 12.2. The Morgan fingerprint density at radius 1 is 1.45 bits per heavy atom. The van der Waals surface area contributed by atoms with Crippen molar-refractivity contribution in [2.24, 2.45) is 0 Å². The Labute approximate surface area is 123 Å². The highest BCUT2D eigenvalue weighted by molar-refractivity contribution is 7.09. The SMILES string of the molecule is CCN(C(=O)NC(C)Cc1cccs1)C(C)CC(=O)O. The van der Waals surface area contributed by atoms with Crippen LogP contribution in [0.3, 0.4) is 0 Å². The first-order valence-corrected chi connectivity index (χ1v) is 7.63. The van der Waals surface area contributed by atoms with Gasteiger partial charge in [-0.15, -0.1) is 11.3 Å². The normalized spacial score (nSPS) is 13.6. The first kappa shape index (κ1) is 16.5. The molecule has 0 aliphatic carbocycles. The van der Waals surface area contributed by atoms with Crippen molar-refractivity contribution in [3.63, 3.8) is 0 Å². The molecule has 20 heavy (non-hydrogen) atoms. The van der Waals surface area contributed by atoms with Crippen LogP contribution < -0.4 is 5.32 Å². The van der Waals surface area contributed by atoms with Crippen LogP contribution in [0.1, 0.15) is 32.1 Å². The van der Waals surface area contributed by atoms with Crippen molar-refractivity contribution < 1.29 is 14.7 Å². The minimum absolute atomic E-state index is 0.0206. The minimum atomic E-state index is -0.893. The van der Waals surface area contributed by atoms with Crippen LogP contribution in [0.5, 0.6) is 0 Å². The van der Waals surface area contributed by atoms with E-state index in [1.54, 1.807) is 23.2 Å². The van der Waals surface area contributed by atoms with Gasteiger partial charge < -0.3 is 15.3 Å². The molecule has 0 spiro atoms. The molecule has 2 amide bonds. The number of carbonyl (C=O) groups excluding carboxylic acids is 1. The molecule has 5 nitrogen and oxygen atoms in total. The van der Waals surface area contributed by atoms with E-state index in [4.69, 9.17) is 5.11 Å². The first-order valence-electron chi connectivity index (χ1n) is 6.75. The van der Waals surface area contributed by atoms with Crippen molar-refractivity contribution in [1.29, 1.82) is 0 Å². The van der Waals surface area contributed by atoms with Gasteiger partial charge >= 0.3 is 12.0 Å². The molecule has 0 saturated heterocycles. The molecule has 112 valence electrons. The molecular weight excluding hydrogens is 276 g/mol. The summed E-state index contributed by atoms with van der Waals surface area (Å²) in [6.07, 6.45) is 0.745. The third-order valence-electron chi connectivity index (χ3n) is 3.06. The molecule has 0 saturated carbocycles. The summed E-state index contributed by atoms with van der Waals surface area (Å²) < 4.78 is 0. The van der Waals surface area contributed by atoms with Crippen LogP contribution in [0.15, 0.2) is 17.5 Å². The second kappa shape index (κ2) is 7.89. The van der Waals surface area contributed by atoms with E-state index < -0.39 is 5.97 Å². The Hall–Kier alpha value is -1.56. The Balaban J connectivity index is 2.51. The van der Waals surface area contributed by atoms with Crippen LogP contribution >= 0.6 is 11.3 Å². The van der Waals surface area contributed by atoms with Gasteiger partial charge in [-0.25, -0.2) is 4.79 Å². The average molecular weight is 298 g/mol. The van der Waals surface area contributed by atoms with Crippen LogP contribution in [0, 0.1) is 0 Å². The van der Waals surface area contributed by atoms with Crippen molar-refractivity contribution >= 4 is 23.3 Å². The van der Waals surface area contributed by atoms with Gasteiger partial charge in [0.25, 0.3) is 0 Å². The predicted molar refractivity (Wildman–Crippen MR) is 80.1 cm³/mol. The summed E-state index contributed by atoms with van der Waals surface area (Å²) in [7, 11) is 0. The number of carboxylic acids is 1. The van der Waals surface area contributed by atoms with E-state index in [0.29, 0.717) is 6.54 Å². The zero-order chi connectivity index (χ0) is 15.1. The van der Waals surface area contributed by atoms with Crippen LogP contribution in [0.2, 0.25) is 0 Å². The number of carbonyl (C=O) groups is 2. The zero-order valence-electron chi connectivity index (χ0n) is 12.1. The molecule has 0 aromatic carbocycles. The number of nitrogens with one attached hydrogen (secondary N) is 1. The lowest BCUT2D eigenvalue weighted by Crippen LogP contribution is -2.48. The predicted octanol–water partition coefficient (Wildman–Crippen LogP) is 2.57. The Bertz CT molecular complexity index is 434. The number of nitrogens with zero attached hydrogens (tertiary/aromatic N) is 1. The van der Waals surface area contributed by atoms with Gasteiger partial charge in [0, 0.05) is 29.9 Å². The van der Waals surface area contributed by atoms with Crippen LogP contribution in [0.4, 0.5) is 4.79 Å². The van der Waals surface area contributed by atoms with E-state index in [-0.39, 0.29) is 24.5 Å². The lowest BCUT2D eigenvalue weighted by Gasteiger charge is -2.28. The maximum Gasteiger partial charge on any atom is 0.317 e. The van der Waals surface area contributed by atoms with E-state index in [9.17, 15) is 9.59 Å². The van der Waals surface area contributed by atoms with Crippen molar-refractivity contribution in [2.45, 2.75) is 45.7 Å². The highest BCUT2D eigenvalue weighted by atomic mass is 32.1. The molecule has 1 heterocycles. The third-order valence-corrected chi connectivity index (χ3v) is 3.96. The van der Waals surface area contributed by atoms with Crippen LogP contribution in [-0.4, -0.2) is 40.6 Å². The number of hydrogen-bond acceptors (Lipinski definition) is 3. The Morgan fingerprint density at radius 2 is 2.15 bits per heavy atom. The molecule has 2 atom stereocenters. The number of urea groups is 1. The lowest BCUT2D eigenvalue weighted by molar-refractivity contribution is -0.138. The van der Waals surface area contributed by atoms with Crippen molar-refractivity contribution in [3.05, 3.63) is 22.4 Å². The van der Waals surface area contributed by atoms with Crippen molar-refractivity contribution in [2.75, 3.05) is 6.54 Å². The molecule has 0 aliphatic heterocycles. The summed E-state index contributed by atoms with van der Waals surface area (Å²) in [5.74, 6) is -0.893. The molecule has 1 aromatic heterocycles. The molecule has 6 heteroatoms. The molecule has 0 aliphatic rings. The smallest absolute Gasteiger partial charge is 0.317 e. The topological polar surface area (TPSA) is 69.6 Å². The van der Waals surface area contributed by atoms with Crippen molar-refractivity contribution in [1.82, 2.24) is 10.2 Å².